The molecule has 3 heterocycles. The number of allylic oxidation sites excluding steroid dienone is 1. The zero-order valence-electron chi connectivity index (χ0n) is 32.6. The van der Waals surface area contributed by atoms with Crippen molar-refractivity contribution in [3.63, 3.8) is 0 Å². The number of benzene rings is 1. The van der Waals surface area contributed by atoms with Crippen molar-refractivity contribution in [2.75, 3.05) is 6.54 Å². The highest BCUT2D eigenvalue weighted by Crippen LogP contribution is 2.47. The van der Waals surface area contributed by atoms with Crippen molar-refractivity contribution in [1.29, 1.82) is 0 Å². The van der Waals surface area contributed by atoms with Gasteiger partial charge in [-0.05, 0) is 92.2 Å². The lowest BCUT2D eigenvalue weighted by Gasteiger charge is -2.30. The maximum absolute atomic E-state index is 15.1. The first kappa shape index (κ1) is 41.1. The first-order chi connectivity index (χ1) is 26.2. The highest BCUT2D eigenvalue weighted by Gasteiger charge is 2.63. The van der Waals surface area contributed by atoms with E-state index in [9.17, 15) is 32.0 Å². The van der Waals surface area contributed by atoms with Crippen molar-refractivity contribution in [3.05, 3.63) is 42.0 Å². The molecule has 2 aliphatic heterocycles. The van der Waals surface area contributed by atoms with Crippen LogP contribution in [0.15, 0.2) is 30.4 Å². The van der Waals surface area contributed by atoms with Crippen molar-refractivity contribution in [2.45, 2.75) is 140 Å². The monoisotopic (exact) mass is 803 g/mol. The molecule has 4 aliphatic rings. The maximum atomic E-state index is 15.1. The third-order valence-electron chi connectivity index (χ3n) is 10.6. The molecular formula is C39H51F2N5O9S. The molecule has 1 saturated heterocycles. The van der Waals surface area contributed by atoms with Gasteiger partial charge in [0, 0.05) is 23.8 Å². The van der Waals surface area contributed by atoms with Crippen LogP contribution in [0.4, 0.5) is 13.6 Å². The Kier molecular flexibility index (Phi) is 11.3. The summed E-state index contributed by atoms with van der Waals surface area (Å²) in [5.41, 5.74) is -2.79. The minimum absolute atomic E-state index is 0.0360. The summed E-state index contributed by atoms with van der Waals surface area (Å²) < 4.78 is 74.4. The van der Waals surface area contributed by atoms with Gasteiger partial charge in [-0.2, -0.15) is 0 Å². The van der Waals surface area contributed by atoms with Crippen LogP contribution in [-0.4, -0.2) is 88.8 Å². The minimum Gasteiger partial charge on any atom is -0.488 e. The average molecular weight is 804 g/mol. The number of carbonyl (C=O) groups excluding carboxylic acids is 4. The van der Waals surface area contributed by atoms with Crippen LogP contribution in [0.25, 0.3) is 10.9 Å². The highest BCUT2D eigenvalue weighted by molar-refractivity contribution is 7.91. The summed E-state index contributed by atoms with van der Waals surface area (Å²) in [7, 11) is -4.04. The Balaban J connectivity index is 1.35. The van der Waals surface area contributed by atoms with E-state index in [1.165, 1.54) is 17.0 Å². The van der Waals surface area contributed by atoms with Crippen molar-refractivity contribution in [1.82, 2.24) is 25.2 Å². The van der Waals surface area contributed by atoms with E-state index in [2.05, 4.69) is 20.3 Å². The fourth-order valence-corrected chi connectivity index (χ4v) is 8.47. The van der Waals surface area contributed by atoms with Crippen LogP contribution < -0.4 is 24.8 Å². The maximum Gasteiger partial charge on any atom is 0.408 e. The molecular weight excluding hydrogens is 753 g/mol. The second-order valence-electron chi connectivity index (χ2n) is 16.8. The standard InChI is InChI=1S/C39H51F2N5O9S/c1-22(2)53-30-19-29(25-14-15-26(40)31(41)32(25)43-30)54-24-18-28-33(47)44-39(35(49)45-56(51,52)38(6)16-17-38)20-23(39)12-10-8-7-9-11-13-27(34(48)46(28)21-24)42-36(50)55-37(3,4)5/h10,12,14-15,19,22-24,27-28H,7-9,11,13,16-18,20-21H2,1-6H3,(H,42,50)(H,44,47)(H,45,49)/b12-10-/t23-,24-,27+,28+,39-/m1/s1. The van der Waals surface area contributed by atoms with Gasteiger partial charge >= 0.3 is 6.09 Å². The molecule has 2 saturated carbocycles. The van der Waals surface area contributed by atoms with E-state index >= 15 is 4.39 Å². The summed E-state index contributed by atoms with van der Waals surface area (Å²) in [5, 5.41) is 5.63. The molecule has 0 radical (unpaired) electrons. The zero-order chi connectivity index (χ0) is 40.8. The fourth-order valence-electron chi connectivity index (χ4n) is 7.16. The number of alkyl carbamates (subject to hydrolysis) is 1. The molecule has 5 atom stereocenters. The van der Waals surface area contributed by atoms with Crippen LogP contribution in [-0.2, 0) is 29.1 Å². The molecule has 0 bridgehead atoms. The quantitative estimate of drug-likeness (QED) is 0.310. The Morgan fingerprint density at radius 3 is 2.52 bits per heavy atom. The normalized spacial score (nSPS) is 27.2. The number of fused-ring (bicyclic) bond motifs is 3. The molecule has 14 nitrogen and oxygen atoms in total. The molecule has 3 fully saturated rings. The Morgan fingerprint density at radius 1 is 1.11 bits per heavy atom. The van der Waals surface area contributed by atoms with E-state index in [4.69, 9.17) is 14.2 Å². The molecule has 6 rings (SSSR count). The first-order valence-electron chi connectivity index (χ1n) is 19.2. The van der Waals surface area contributed by atoms with E-state index in [0.29, 0.717) is 32.1 Å². The highest BCUT2D eigenvalue weighted by atomic mass is 32.2. The molecule has 1 aromatic carbocycles. The van der Waals surface area contributed by atoms with Crippen LogP contribution in [0.3, 0.4) is 0 Å². The van der Waals surface area contributed by atoms with E-state index in [0.717, 1.165) is 12.5 Å². The SMILES string of the molecule is CC(C)Oc1cc(O[C@@H]2C[C@H]3C(=O)N[C@]4(C(=O)NS(=O)(=O)C5(C)CC5)C[C@H]4/C=C\CCCCC[C@H](NC(=O)OC(C)(C)C)C(=O)N3C2)c2ccc(F)c(F)c2n1. The molecule has 306 valence electrons. The van der Waals surface area contributed by atoms with Gasteiger partial charge in [-0.3, -0.25) is 19.1 Å². The number of hydrogen-bond donors (Lipinski definition) is 3. The van der Waals surface area contributed by atoms with E-state index in [1.54, 1.807) is 41.5 Å². The molecule has 2 aromatic rings. The lowest BCUT2D eigenvalue weighted by molar-refractivity contribution is -0.141. The Morgan fingerprint density at radius 2 is 1.84 bits per heavy atom. The topological polar surface area (TPSA) is 182 Å². The van der Waals surface area contributed by atoms with Gasteiger partial charge < -0.3 is 29.7 Å². The van der Waals surface area contributed by atoms with Crippen LogP contribution >= 0.6 is 0 Å². The molecule has 4 amide bonds. The summed E-state index contributed by atoms with van der Waals surface area (Å²) in [6, 6.07) is 1.32. The van der Waals surface area contributed by atoms with Crippen LogP contribution in [0.1, 0.15) is 99.3 Å². The average Bonchev–Trinajstić information content (AvgIpc) is 3.97. The van der Waals surface area contributed by atoms with Gasteiger partial charge in [0.1, 0.15) is 40.6 Å². The molecule has 56 heavy (non-hydrogen) atoms. The number of amides is 4. The molecule has 17 heteroatoms. The Labute approximate surface area is 325 Å². The smallest absolute Gasteiger partial charge is 0.408 e. The fraction of sp³-hybridized carbons (Fsp3) is 0.615. The lowest BCUT2D eigenvalue weighted by atomic mass is 10.0. The Hall–Kier alpha value is -4.54. The van der Waals surface area contributed by atoms with Crippen LogP contribution in [0, 0.1) is 17.6 Å². The van der Waals surface area contributed by atoms with Gasteiger partial charge in [-0.1, -0.05) is 25.0 Å². The molecule has 2 aliphatic carbocycles. The van der Waals surface area contributed by atoms with Gasteiger partial charge in [0.15, 0.2) is 11.6 Å². The van der Waals surface area contributed by atoms with Crippen molar-refractivity contribution in [2.24, 2.45) is 5.92 Å². The number of carbonyl (C=O) groups is 4. The first-order valence-corrected chi connectivity index (χ1v) is 20.7. The van der Waals surface area contributed by atoms with Crippen molar-refractivity contribution in [3.8, 4) is 11.6 Å². The van der Waals surface area contributed by atoms with Crippen LogP contribution in [0.5, 0.6) is 11.6 Å². The summed E-state index contributed by atoms with van der Waals surface area (Å²) in [4.78, 5) is 61.2. The second-order valence-corrected chi connectivity index (χ2v) is 19.0. The number of aromatic nitrogens is 1. The number of halogens is 2. The summed E-state index contributed by atoms with van der Waals surface area (Å²) in [6.07, 6.45) is 5.33. The molecule has 0 unspecified atom stereocenters. The number of nitrogens with zero attached hydrogens (tertiary/aromatic N) is 2. The van der Waals surface area contributed by atoms with E-state index in [1.807, 2.05) is 12.2 Å². The summed E-state index contributed by atoms with van der Waals surface area (Å²) in [5.74, 6) is -4.99. The third kappa shape index (κ3) is 8.87. The zero-order valence-corrected chi connectivity index (χ0v) is 33.4. The number of sulfonamides is 1. The molecule has 3 N–H and O–H groups in total. The van der Waals surface area contributed by atoms with E-state index in [-0.39, 0.29) is 54.4 Å². The predicted octanol–water partition coefficient (Wildman–Crippen LogP) is 4.94. The van der Waals surface area contributed by atoms with Gasteiger partial charge in [-0.15, -0.1) is 0 Å². The number of rotatable bonds is 8. The lowest BCUT2D eigenvalue weighted by Crippen LogP contribution is -2.58. The predicted molar refractivity (Wildman–Crippen MR) is 201 cm³/mol. The summed E-state index contributed by atoms with van der Waals surface area (Å²) >= 11 is 0. The third-order valence-corrected chi connectivity index (χ3v) is 12.8. The van der Waals surface area contributed by atoms with Gasteiger partial charge in [0.25, 0.3) is 5.91 Å². The molecule has 0 spiro atoms. The van der Waals surface area contributed by atoms with Gasteiger partial charge in [0.05, 0.1) is 17.4 Å². The van der Waals surface area contributed by atoms with E-state index < -0.39 is 85.5 Å². The van der Waals surface area contributed by atoms with Gasteiger partial charge in [-0.25, -0.2) is 27.0 Å². The van der Waals surface area contributed by atoms with Crippen LogP contribution in [0.2, 0.25) is 0 Å². The van der Waals surface area contributed by atoms with Crippen molar-refractivity contribution >= 4 is 44.7 Å². The minimum atomic E-state index is -4.04. The number of hydrogen-bond acceptors (Lipinski definition) is 10. The second kappa shape index (κ2) is 15.4. The molecule has 1 aromatic heterocycles. The largest absolute Gasteiger partial charge is 0.488 e. The summed E-state index contributed by atoms with van der Waals surface area (Å²) in [6.45, 7) is 9.92. The number of ether oxygens (including phenoxy) is 3. The number of pyridine rings is 1. The Bertz CT molecular complexity index is 2030. The number of nitrogens with one attached hydrogen (secondary N) is 3. The van der Waals surface area contributed by atoms with Crippen molar-refractivity contribution < 1.29 is 50.6 Å². The van der Waals surface area contributed by atoms with Gasteiger partial charge in [0.2, 0.25) is 27.7 Å².